The van der Waals surface area contributed by atoms with E-state index < -0.39 is 34.8 Å². The molecule has 3 aliphatic heterocycles. The van der Waals surface area contributed by atoms with E-state index in [2.05, 4.69) is 10.3 Å². The summed E-state index contributed by atoms with van der Waals surface area (Å²) in [6, 6.07) is 3.51. The topological polar surface area (TPSA) is 148 Å². The third-order valence-electron chi connectivity index (χ3n) is 8.42. The number of fused-ring (bicyclic) bond motifs is 1. The second kappa shape index (κ2) is 12.3. The summed E-state index contributed by atoms with van der Waals surface area (Å²) in [5, 5.41) is 26.0. The number of aliphatic carboxylic acids is 1. The number of amides is 2. The van der Waals surface area contributed by atoms with Crippen LogP contribution in [0.2, 0.25) is 0 Å². The van der Waals surface area contributed by atoms with E-state index in [0.29, 0.717) is 40.8 Å². The number of hydrogen-bond acceptors (Lipinski definition) is 10. The van der Waals surface area contributed by atoms with Crippen molar-refractivity contribution < 1.29 is 33.7 Å². The monoisotopic (exact) mass is 628 g/mol. The zero-order valence-corrected chi connectivity index (χ0v) is 26.0. The Morgan fingerprint density at radius 1 is 1.27 bits per heavy atom. The van der Waals surface area contributed by atoms with Crippen molar-refractivity contribution in [3.63, 3.8) is 0 Å². The molecule has 2 fully saturated rings. The van der Waals surface area contributed by atoms with Crippen LogP contribution >= 0.6 is 11.3 Å². The fourth-order valence-electron chi connectivity index (χ4n) is 6.06. The average Bonchev–Trinajstić information content (AvgIpc) is 3.61. The molecule has 0 bridgehead atoms. The molecule has 0 saturated carbocycles. The van der Waals surface area contributed by atoms with Crippen LogP contribution in [0.4, 0.5) is 9.18 Å². The molecule has 14 heteroatoms. The minimum Gasteiger partial charge on any atom is -0.481 e. The van der Waals surface area contributed by atoms with E-state index >= 15 is 0 Å². The largest absolute Gasteiger partial charge is 0.481 e. The first kappa shape index (κ1) is 31.5. The number of urea groups is 1. The van der Waals surface area contributed by atoms with E-state index in [1.807, 2.05) is 10.3 Å². The lowest BCUT2D eigenvalue weighted by Crippen LogP contribution is -2.63. The van der Waals surface area contributed by atoms with Crippen molar-refractivity contribution in [3.8, 4) is 0 Å². The number of carboxylic acid groups (broad SMARTS) is 1. The van der Waals surface area contributed by atoms with Gasteiger partial charge in [-0.2, -0.15) is 0 Å². The Kier molecular flexibility index (Phi) is 8.78. The number of amidine groups is 1. The fraction of sp³-hybridized carbons (Fsp3) is 0.500. The molecule has 236 valence electrons. The van der Waals surface area contributed by atoms with Crippen LogP contribution in [-0.2, 0) is 14.3 Å². The SMILES string of the molecule is CCOC(=O)C1=C(CN2CCN3C(=O)N(CC(C)(C)C(=O)O)CC3(CO)C2)NC(c2nccs2)=N[C@H]1c1cccc(F)c1C. The van der Waals surface area contributed by atoms with Crippen LogP contribution < -0.4 is 5.32 Å². The molecule has 3 N–H and O–H groups in total. The highest BCUT2D eigenvalue weighted by Crippen LogP contribution is 2.37. The lowest BCUT2D eigenvalue weighted by atomic mass is 9.91. The van der Waals surface area contributed by atoms with Crippen molar-refractivity contribution >= 4 is 35.1 Å². The number of esters is 1. The maximum atomic E-state index is 14.8. The summed E-state index contributed by atoms with van der Waals surface area (Å²) in [6.45, 7) is 7.66. The number of aliphatic hydroxyl groups excluding tert-OH is 1. The maximum Gasteiger partial charge on any atom is 0.338 e. The van der Waals surface area contributed by atoms with Gasteiger partial charge in [0.25, 0.3) is 0 Å². The lowest BCUT2D eigenvalue weighted by Gasteiger charge is -2.45. The molecule has 2 amide bonds. The van der Waals surface area contributed by atoms with Gasteiger partial charge in [0, 0.05) is 56.5 Å². The first-order valence-electron chi connectivity index (χ1n) is 14.4. The summed E-state index contributed by atoms with van der Waals surface area (Å²) in [7, 11) is 0. The van der Waals surface area contributed by atoms with E-state index in [9.17, 15) is 29.0 Å². The van der Waals surface area contributed by atoms with Gasteiger partial charge >= 0.3 is 18.0 Å². The van der Waals surface area contributed by atoms with Crippen LogP contribution in [0.25, 0.3) is 0 Å². The molecule has 12 nitrogen and oxygen atoms in total. The Balaban J connectivity index is 1.50. The van der Waals surface area contributed by atoms with Crippen LogP contribution in [0.15, 0.2) is 46.0 Å². The maximum absolute atomic E-state index is 14.8. The van der Waals surface area contributed by atoms with E-state index in [0.717, 1.165) is 0 Å². The number of nitrogens with one attached hydrogen (secondary N) is 1. The second-order valence-corrected chi connectivity index (χ2v) is 12.9. The number of aliphatic hydroxyl groups is 1. The molecule has 2 aromatic rings. The van der Waals surface area contributed by atoms with Gasteiger partial charge in [-0.15, -0.1) is 11.3 Å². The van der Waals surface area contributed by atoms with E-state index in [1.54, 1.807) is 50.9 Å². The predicted octanol–water partition coefficient (Wildman–Crippen LogP) is 2.39. The summed E-state index contributed by atoms with van der Waals surface area (Å²) < 4.78 is 20.2. The zero-order valence-electron chi connectivity index (χ0n) is 25.2. The highest BCUT2D eigenvalue weighted by atomic mass is 32.1. The Hall–Kier alpha value is -3.88. The number of nitrogens with zero attached hydrogens (tertiary/aromatic N) is 5. The molecule has 2 saturated heterocycles. The molecule has 5 rings (SSSR count). The number of aromatic nitrogens is 1. The Bertz CT molecular complexity index is 1510. The molecule has 1 aromatic carbocycles. The van der Waals surface area contributed by atoms with Crippen LogP contribution in [-0.4, -0.2) is 112 Å². The summed E-state index contributed by atoms with van der Waals surface area (Å²) in [5.74, 6) is -1.58. The number of carboxylic acids is 1. The number of rotatable bonds is 10. The van der Waals surface area contributed by atoms with Gasteiger partial charge in [-0.25, -0.2) is 19.0 Å². The minimum atomic E-state index is -1.17. The molecule has 1 unspecified atom stereocenters. The number of ether oxygens (including phenoxy) is 1. The van der Waals surface area contributed by atoms with E-state index in [1.165, 1.54) is 22.3 Å². The molecule has 0 aliphatic carbocycles. The molecule has 1 aromatic heterocycles. The van der Waals surface area contributed by atoms with Crippen LogP contribution in [0, 0.1) is 18.2 Å². The average molecular weight is 629 g/mol. The molecule has 44 heavy (non-hydrogen) atoms. The quantitative estimate of drug-likeness (QED) is 0.338. The van der Waals surface area contributed by atoms with Crippen LogP contribution in [0.3, 0.4) is 0 Å². The predicted molar refractivity (Wildman–Crippen MR) is 161 cm³/mol. The standard InChI is InChI=1S/C30H37FN6O6S/c1-5-43-26(39)22-21(33-24(25-32-9-12-44-25)34-23(22)19-7-6-8-20(31)18(19)2)13-35-10-11-37-28(42)36(14-29(3,4)27(40)41)16-30(37,15-35)17-38/h6-9,12,23,38H,5,10-11,13-17H2,1-4H3,(H,33,34)(H,40,41)/t23-,30?/m0/s1. The lowest BCUT2D eigenvalue weighted by molar-refractivity contribution is -0.147. The van der Waals surface area contributed by atoms with Crippen molar-refractivity contribution in [1.82, 2.24) is 25.0 Å². The van der Waals surface area contributed by atoms with Gasteiger partial charge in [0.05, 0.1) is 29.7 Å². The second-order valence-electron chi connectivity index (χ2n) is 12.0. The highest BCUT2D eigenvalue weighted by molar-refractivity contribution is 7.11. The molecule has 0 spiro atoms. The Labute approximate surface area is 258 Å². The number of aliphatic imine (C=N–C) groups is 1. The number of carbonyl (C=O) groups is 3. The number of hydrogen-bond donors (Lipinski definition) is 3. The van der Waals surface area contributed by atoms with Gasteiger partial charge < -0.3 is 30.1 Å². The smallest absolute Gasteiger partial charge is 0.338 e. The Morgan fingerprint density at radius 2 is 2.05 bits per heavy atom. The van der Waals surface area contributed by atoms with Gasteiger partial charge in [-0.05, 0) is 44.9 Å². The first-order valence-corrected chi connectivity index (χ1v) is 15.3. The molecule has 2 atom stereocenters. The molecular weight excluding hydrogens is 591 g/mol. The van der Waals surface area contributed by atoms with Crippen LogP contribution in [0.1, 0.15) is 42.9 Å². The van der Waals surface area contributed by atoms with Gasteiger partial charge in [0.2, 0.25) is 0 Å². The van der Waals surface area contributed by atoms with Gasteiger partial charge in [-0.3, -0.25) is 14.7 Å². The fourth-order valence-corrected chi connectivity index (χ4v) is 6.65. The van der Waals surface area contributed by atoms with Crippen molar-refractivity contribution in [1.29, 1.82) is 0 Å². The molecule has 4 heterocycles. The van der Waals surface area contributed by atoms with Crippen molar-refractivity contribution in [2.45, 2.75) is 39.3 Å². The van der Waals surface area contributed by atoms with Crippen molar-refractivity contribution in [2.75, 3.05) is 52.5 Å². The molecular formula is C30H37FN6O6S. The van der Waals surface area contributed by atoms with Crippen molar-refractivity contribution in [3.05, 3.63) is 63.0 Å². The zero-order chi connectivity index (χ0) is 31.8. The summed E-state index contributed by atoms with van der Waals surface area (Å²) >= 11 is 1.37. The van der Waals surface area contributed by atoms with Crippen molar-refractivity contribution in [2.24, 2.45) is 10.4 Å². The number of halogens is 1. The molecule has 0 radical (unpaired) electrons. The van der Waals surface area contributed by atoms with E-state index in [-0.39, 0.29) is 51.0 Å². The molecule has 3 aliphatic rings. The Morgan fingerprint density at radius 3 is 2.70 bits per heavy atom. The van der Waals surface area contributed by atoms with Gasteiger partial charge in [0.15, 0.2) is 10.8 Å². The number of benzene rings is 1. The van der Waals surface area contributed by atoms with Gasteiger partial charge in [-0.1, -0.05) is 12.1 Å². The minimum absolute atomic E-state index is 0.00142. The highest BCUT2D eigenvalue weighted by Gasteiger charge is 2.53. The summed E-state index contributed by atoms with van der Waals surface area (Å²) in [4.78, 5) is 53.0. The summed E-state index contributed by atoms with van der Waals surface area (Å²) in [5.41, 5.74) is -0.490. The van der Waals surface area contributed by atoms with Crippen LogP contribution in [0.5, 0.6) is 0 Å². The third kappa shape index (κ3) is 5.81. The van der Waals surface area contributed by atoms with E-state index in [4.69, 9.17) is 9.73 Å². The normalized spacial score (nSPS) is 22.5. The first-order chi connectivity index (χ1) is 20.9. The summed E-state index contributed by atoms with van der Waals surface area (Å²) in [6.07, 6.45) is 1.65. The number of thiazole rings is 1. The number of piperazine rings is 1. The number of carbonyl (C=O) groups excluding carboxylic acids is 2. The van der Waals surface area contributed by atoms with Gasteiger partial charge in [0.1, 0.15) is 11.9 Å². The third-order valence-corrected chi connectivity index (χ3v) is 9.20.